The molecule has 2 amide bonds. The number of nitrogens with two attached hydrogens (primary N) is 1. The summed E-state index contributed by atoms with van der Waals surface area (Å²) in [5.74, 6) is 0.0646. The van der Waals surface area contributed by atoms with E-state index in [-0.39, 0.29) is 47.8 Å². The Labute approximate surface area is 181 Å². The average Bonchev–Trinajstić information content (AvgIpc) is 3.10. The third-order valence-electron chi connectivity index (χ3n) is 7.55. The van der Waals surface area contributed by atoms with E-state index in [0.29, 0.717) is 19.0 Å². The first-order valence-electron chi connectivity index (χ1n) is 11.2. The number of halogens is 1. The number of benzene rings is 1. The Morgan fingerprint density at radius 3 is 2.68 bits per heavy atom. The van der Waals surface area contributed by atoms with E-state index in [1.54, 1.807) is 17.0 Å². The van der Waals surface area contributed by atoms with E-state index >= 15 is 0 Å². The minimum atomic E-state index is -0.727. The van der Waals surface area contributed by atoms with Gasteiger partial charge in [-0.05, 0) is 49.3 Å². The molecule has 8 heteroatoms. The molecule has 0 radical (unpaired) electrons. The monoisotopic (exact) mass is 425 g/mol. The minimum Gasteiger partial charge on any atom is -0.330 e. The van der Waals surface area contributed by atoms with Crippen LogP contribution in [-0.4, -0.2) is 69.8 Å². The first-order valence-corrected chi connectivity index (χ1v) is 11.2. The van der Waals surface area contributed by atoms with E-state index in [9.17, 15) is 19.2 Å². The summed E-state index contributed by atoms with van der Waals surface area (Å²) in [6, 6.07) is 7.42. The third-order valence-corrected chi connectivity index (χ3v) is 7.55. The lowest BCUT2D eigenvalue weighted by molar-refractivity contribution is -0.141. The molecule has 4 aliphatic rings. The molecule has 1 aliphatic carbocycles. The van der Waals surface area contributed by atoms with Crippen molar-refractivity contribution >= 4 is 11.8 Å². The molecule has 31 heavy (non-hydrogen) atoms. The van der Waals surface area contributed by atoms with Crippen molar-refractivity contribution in [3.63, 3.8) is 0 Å². The topological polar surface area (TPSA) is 93.7 Å². The van der Waals surface area contributed by atoms with Gasteiger partial charge in [0.25, 0.3) is 0 Å². The zero-order valence-electron chi connectivity index (χ0n) is 17.7. The van der Waals surface area contributed by atoms with Gasteiger partial charge < -0.3 is 15.5 Å². The molecule has 1 aromatic carbocycles. The number of hydrogen-bond acceptors (Lipinski definition) is 5. The fourth-order valence-corrected chi connectivity index (χ4v) is 5.99. The van der Waals surface area contributed by atoms with Gasteiger partial charge in [-0.3, -0.25) is 14.5 Å². The quantitative estimate of drug-likeness (QED) is 0.744. The van der Waals surface area contributed by atoms with E-state index in [1.807, 2.05) is 16.7 Å². The Hall–Kier alpha value is -2.50. The summed E-state index contributed by atoms with van der Waals surface area (Å²) in [7, 11) is 0. The van der Waals surface area contributed by atoms with Gasteiger partial charge in [0.15, 0.2) is 0 Å². The van der Waals surface area contributed by atoms with Crippen molar-refractivity contribution in [2.75, 3.05) is 13.1 Å². The molecule has 2 N–H and O–H groups in total. The lowest BCUT2D eigenvalue weighted by Gasteiger charge is -2.39. The van der Waals surface area contributed by atoms with Crippen LogP contribution in [0.2, 0.25) is 0 Å². The zero-order chi connectivity index (χ0) is 21.9. The number of nitrogens with zero attached hydrogens (tertiary/aromatic N) is 4. The van der Waals surface area contributed by atoms with E-state index in [2.05, 4.69) is 6.07 Å². The number of piperidine rings is 1. The van der Waals surface area contributed by atoms with Crippen molar-refractivity contribution in [1.29, 1.82) is 5.26 Å². The Balaban J connectivity index is 1.25. The number of fused-ring (bicyclic) bond motifs is 3. The second-order valence-electron chi connectivity index (χ2n) is 9.38. The number of likely N-dealkylation sites (tertiary alicyclic amines) is 3. The van der Waals surface area contributed by atoms with Gasteiger partial charge in [-0.1, -0.05) is 19.1 Å². The molecule has 2 bridgehead atoms. The molecular formula is C23H28FN5O2. The van der Waals surface area contributed by atoms with Gasteiger partial charge in [0, 0.05) is 25.2 Å². The van der Waals surface area contributed by atoms with Crippen molar-refractivity contribution in [3.05, 3.63) is 35.6 Å². The molecule has 0 spiro atoms. The zero-order valence-corrected chi connectivity index (χ0v) is 17.7. The van der Waals surface area contributed by atoms with Crippen LogP contribution in [0.15, 0.2) is 24.3 Å². The number of nitriles is 1. The first kappa shape index (κ1) is 20.4. The summed E-state index contributed by atoms with van der Waals surface area (Å²) in [5, 5.41) is 9.36. The maximum Gasteiger partial charge on any atom is 0.242 e. The molecule has 3 saturated heterocycles. The smallest absolute Gasteiger partial charge is 0.242 e. The summed E-state index contributed by atoms with van der Waals surface area (Å²) in [6.07, 6.45) is 3.21. The van der Waals surface area contributed by atoms with Crippen LogP contribution in [0.5, 0.6) is 0 Å². The summed E-state index contributed by atoms with van der Waals surface area (Å²) in [6.45, 7) is 3.05. The molecule has 1 aromatic rings. The number of rotatable bonds is 6. The summed E-state index contributed by atoms with van der Waals surface area (Å²) >= 11 is 0. The number of hydrogen-bond donors (Lipinski definition) is 1. The Kier molecular flexibility index (Phi) is 4.98. The fourth-order valence-electron chi connectivity index (χ4n) is 5.99. The predicted octanol–water partition coefficient (Wildman–Crippen LogP) is 1.40. The molecule has 3 aliphatic heterocycles. The Morgan fingerprint density at radius 1 is 1.29 bits per heavy atom. The Morgan fingerprint density at radius 2 is 2.03 bits per heavy atom. The van der Waals surface area contributed by atoms with Gasteiger partial charge >= 0.3 is 0 Å². The number of amides is 2. The predicted molar refractivity (Wildman–Crippen MR) is 111 cm³/mol. The van der Waals surface area contributed by atoms with E-state index in [4.69, 9.17) is 5.73 Å². The molecule has 164 valence electrons. The summed E-state index contributed by atoms with van der Waals surface area (Å²) in [4.78, 5) is 31.8. The highest BCUT2D eigenvalue weighted by Crippen LogP contribution is 2.48. The Bertz CT molecular complexity index is 931. The number of carbonyl (C=O) groups excluding carboxylic acids is 2. The van der Waals surface area contributed by atoms with Gasteiger partial charge in [-0.2, -0.15) is 5.26 Å². The van der Waals surface area contributed by atoms with Crippen LogP contribution < -0.4 is 5.73 Å². The van der Waals surface area contributed by atoms with Crippen LogP contribution in [0.1, 0.15) is 44.2 Å². The lowest BCUT2D eigenvalue weighted by Crippen LogP contribution is -2.57. The first-order chi connectivity index (χ1) is 14.9. The highest BCUT2D eigenvalue weighted by atomic mass is 19.1. The van der Waals surface area contributed by atoms with Gasteiger partial charge in [-0.25, -0.2) is 4.39 Å². The maximum atomic E-state index is 13.3. The van der Waals surface area contributed by atoms with Crippen molar-refractivity contribution < 1.29 is 14.0 Å². The normalized spacial score (nSPS) is 33.4. The van der Waals surface area contributed by atoms with E-state index in [1.165, 1.54) is 12.1 Å². The second kappa shape index (κ2) is 7.57. The van der Waals surface area contributed by atoms with Crippen LogP contribution >= 0.6 is 0 Å². The SMILES string of the molecule is CC[C@H](c1ccc(F)cc1)N1C(=O)[C@H]2C[C@@H]1CN2C[C@H](N)C(=O)N1[C@H](C#N)CC2C[C@@H]21. The van der Waals surface area contributed by atoms with E-state index < -0.39 is 6.04 Å². The van der Waals surface area contributed by atoms with Crippen LogP contribution in [0.4, 0.5) is 4.39 Å². The molecule has 4 fully saturated rings. The molecule has 5 rings (SSSR count). The molecule has 7 atom stereocenters. The average molecular weight is 426 g/mol. The van der Waals surface area contributed by atoms with Crippen molar-refractivity contribution in [2.24, 2.45) is 11.7 Å². The number of carbonyl (C=O) groups is 2. The standard InChI is InChI=1S/C23H28FN5O2/c1-2-19(13-3-5-15(24)6-4-13)29-17-9-21(23(29)31)27(11-17)12-18(26)22(30)28-16(10-25)7-14-8-20(14)28/h3-6,14,16-21H,2,7-9,11-12,26H2,1H3/t14?,16-,17+,18-,19+,20-,21+/m0/s1. The van der Waals surface area contributed by atoms with Gasteiger partial charge in [0.1, 0.15) is 11.9 Å². The molecule has 1 saturated carbocycles. The van der Waals surface area contributed by atoms with Gasteiger partial charge in [0.2, 0.25) is 11.8 Å². The van der Waals surface area contributed by atoms with Crippen LogP contribution in [0.25, 0.3) is 0 Å². The summed E-state index contributed by atoms with van der Waals surface area (Å²) < 4.78 is 13.3. The van der Waals surface area contributed by atoms with Crippen LogP contribution in [0, 0.1) is 23.1 Å². The number of piperazine rings is 1. The maximum absolute atomic E-state index is 13.3. The van der Waals surface area contributed by atoms with Crippen molar-refractivity contribution in [1.82, 2.24) is 14.7 Å². The molecule has 1 unspecified atom stereocenters. The molecule has 7 nitrogen and oxygen atoms in total. The van der Waals surface area contributed by atoms with Crippen LogP contribution in [-0.2, 0) is 9.59 Å². The van der Waals surface area contributed by atoms with Gasteiger partial charge in [0.05, 0.1) is 24.2 Å². The van der Waals surface area contributed by atoms with Crippen LogP contribution in [0.3, 0.4) is 0 Å². The van der Waals surface area contributed by atoms with E-state index in [0.717, 1.165) is 31.2 Å². The largest absolute Gasteiger partial charge is 0.330 e. The van der Waals surface area contributed by atoms with Gasteiger partial charge in [-0.15, -0.1) is 0 Å². The third kappa shape index (κ3) is 3.31. The highest BCUT2D eigenvalue weighted by Gasteiger charge is 2.56. The minimum absolute atomic E-state index is 0.0606. The fraction of sp³-hybridized carbons (Fsp3) is 0.609. The molecule has 3 heterocycles. The van der Waals surface area contributed by atoms with Crippen molar-refractivity contribution in [3.8, 4) is 6.07 Å². The molecule has 0 aromatic heterocycles. The summed E-state index contributed by atoms with van der Waals surface area (Å²) in [5.41, 5.74) is 7.22. The molecular weight excluding hydrogens is 397 g/mol. The van der Waals surface area contributed by atoms with Crippen molar-refractivity contribution in [2.45, 2.75) is 68.9 Å². The lowest BCUT2D eigenvalue weighted by atomic mass is 10.0. The highest BCUT2D eigenvalue weighted by molar-refractivity contribution is 5.87. The second-order valence-corrected chi connectivity index (χ2v) is 9.38.